The molecule has 0 aromatic heterocycles. The second kappa shape index (κ2) is 21.7. The van der Waals surface area contributed by atoms with Gasteiger partial charge in [-0.15, -0.1) is 0 Å². The first-order valence-corrected chi connectivity index (χ1v) is 9.78. The lowest BCUT2D eigenvalue weighted by Crippen LogP contribution is -2.57. The third-order valence-electron chi connectivity index (χ3n) is 3.44. The largest absolute Gasteiger partial charge is 0.389 e. The van der Waals surface area contributed by atoms with E-state index in [0.29, 0.717) is 32.2 Å². The summed E-state index contributed by atoms with van der Waals surface area (Å²) >= 11 is 0. The lowest BCUT2D eigenvalue weighted by atomic mass is 10.3. The lowest BCUT2D eigenvalue weighted by molar-refractivity contribution is 0.0717. The monoisotopic (exact) mass is 399 g/mol. The molecule has 11 N–H and O–H groups in total. The molecule has 0 spiro atoms. The SMILES string of the molecule is C=NCCN/C=C\C=C\NN(NCCN)NCCNC(CNC)CNCCN. The highest BCUT2D eigenvalue weighted by Gasteiger charge is 2.06. The minimum absolute atomic E-state index is 0.339. The molecule has 1 atom stereocenters. The van der Waals surface area contributed by atoms with Gasteiger partial charge >= 0.3 is 0 Å². The van der Waals surface area contributed by atoms with Gasteiger partial charge < -0.3 is 32.7 Å². The number of aliphatic imine (C=N–C) groups is 1. The molecule has 28 heavy (non-hydrogen) atoms. The first-order chi connectivity index (χ1) is 13.8. The van der Waals surface area contributed by atoms with Crippen LogP contribution in [0.2, 0.25) is 0 Å². The van der Waals surface area contributed by atoms with Crippen molar-refractivity contribution in [1.29, 1.82) is 0 Å². The molecule has 0 bridgehead atoms. The van der Waals surface area contributed by atoms with E-state index in [-0.39, 0.29) is 0 Å². The van der Waals surface area contributed by atoms with Gasteiger partial charge in [0, 0.05) is 71.1 Å². The van der Waals surface area contributed by atoms with Gasteiger partial charge in [0.25, 0.3) is 0 Å². The van der Waals surface area contributed by atoms with Crippen molar-refractivity contribution in [2.24, 2.45) is 16.5 Å². The molecule has 11 nitrogen and oxygen atoms in total. The van der Waals surface area contributed by atoms with Crippen LogP contribution in [0.5, 0.6) is 0 Å². The van der Waals surface area contributed by atoms with Crippen LogP contribution in [0.3, 0.4) is 0 Å². The van der Waals surface area contributed by atoms with E-state index in [0.717, 1.165) is 39.3 Å². The number of rotatable bonds is 21. The zero-order valence-electron chi connectivity index (χ0n) is 17.2. The molecule has 0 aliphatic heterocycles. The summed E-state index contributed by atoms with van der Waals surface area (Å²) < 4.78 is 0. The quantitative estimate of drug-likeness (QED) is 0.0418. The Bertz CT molecular complexity index is 389. The highest BCUT2D eigenvalue weighted by molar-refractivity contribution is 5.23. The third kappa shape index (κ3) is 17.8. The minimum atomic E-state index is 0.339. The van der Waals surface area contributed by atoms with Crippen LogP contribution < -0.4 is 49.0 Å². The molecule has 1 unspecified atom stereocenters. The van der Waals surface area contributed by atoms with Gasteiger partial charge in [-0.2, -0.15) is 0 Å². The van der Waals surface area contributed by atoms with Crippen LogP contribution in [0, 0.1) is 0 Å². The number of likely N-dealkylation sites (N-methyl/N-ethyl adjacent to an activating group) is 1. The summed E-state index contributed by atoms with van der Waals surface area (Å²) in [5.74, 6) is 0. The Morgan fingerprint density at radius 1 is 0.964 bits per heavy atom. The van der Waals surface area contributed by atoms with E-state index in [4.69, 9.17) is 11.5 Å². The Morgan fingerprint density at radius 2 is 1.71 bits per heavy atom. The van der Waals surface area contributed by atoms with E-state index in [2.05, 4.69) is 49.3 Å². The van der Waals surface area contributed by atoms with Crippen LogP contribution in [0.15, 0.2) is 29.5 Å². The predicted octanol–water partition coefficient (Wildman–Crippen LogP) is -3.20. The normalized spacial score (nSPS) is 12.9. The van der Waals surface area contributed by atoms with Crippen molar-refractivity contribution in [3.63, 3.8) is 0 Å². The fourth-order valence-corrected chi connectivity index (χ4v) is 2.13. The number of hydrazine groups is 3. The van der Waals surface area contributed by atoms with Crippen molar-refractivity contribution in [3.8, 4) is 0 Å². The highest BCUT2D eigenvalue weighted by atomic mass is 15.9. The van der Waals surface area contributed by atoms with E-state index in [1.807, 2.05) is 31.6 Å². The third-order valence-corrected chi connectivity index (χ3v) is 3.44. The summed E-state index contributed by atoms with van der Waals surface area (Å²) in [7, 11) is 1.95. The van der Waals surface area contributed by atoms with E-state index >= 15 is 0 Å². The Hall–Kier alpha value is -1.57. The van der Waals surface area contributed by atoms with Gasteiger partial charge in [0.05, 0.1) is 6.54 Å². The molecule has 0 aliphatic carbocycles. The number of hydrogen-bond donors (Lipinski definition) is 9. The molecule has 0 aliphatic rings. The first kappa shape index (κ1) is 26.4. The minimum Gasteiger partial charge on any atom is -0.389 e. The summed E-state index contributed by atoms with van der Waals surface area (Å²) in [6, 6.07) is 0.339. The second-order valence-electron chi connectivity index (χ2n) is 5.89. The van der Waals surface area contributed by atoms with Crippen LogP contribution in [-0.4, -0.2) is 90.5 Å². The van der Waals surface area contributed by atoms with E-state index in [1.165, 1.54) is 0 Å². The average molecular weight is 400 g/mol. The summed E-state index contributed by atoms with van der Waals surface area (Å²) in [5, 5.41) is 14.8. The summed E-state index contributed by atoms with van der Waals surface area (Å²) in [6.45, 7) is 10.9. The van der Waals surface area contributed by atoms with Gasteiger partial charge in [-0.1, -0.05) is 5.23 Å². The molecule has 0 aromatic carbocycles. The van der Waals surface area contributed by atoms with Crippen molar-refractivity contribution < 1.29 is 0 Å². The van der Waals surface area contributed by atoms with Crippen molar-refractivity contribution in [3.05, 3.63) is 24.6 Å². The fraction of sp³-hybridized carbons (Fsp3) is 0.706. The number of nitrogens with one attached hydrogen (secondary N) is 7. The van der Waals surface area contributed by atoms with Gasteiger partial charge in [0.15, 0.2) is 0 Å². The van der Waals surface area contributed by atoms with Crippen molar-refractivity contribution in [2.45, 2.75) is 6.04 Å². The van der Waals surface area contributed by atoms with E-state index < -0.39 is 0 Å². The van der Waals surface area contributed by atoms with Crippen LogP contribution in [0.4, 0.5) is 0 Å². The summed E-state index contributed by atoms with van der Waals surface area (Å²) in [6.07, 6.45) is 7.46. The predicted molar refractivity (Wildman–Crippen MR) is 118 cm³/mol. The zero-order chi connectivity index (χ0) is 20.7. The summed E-state index contributed by atoms with van der Waals surface area (Å²) in [4.78, 5) is 3.77. The number of allylic oxidation sites excluding steroid dienone is 2. The van der Waals surface area contributed by atoms with E-state index in [1.54, 1.807) is 5.23 Å². The van der Waals surface area contributed by atoms with Gasteiger partial charge in [0.1, 0.15) is 0 Å². The Balaban J connectivity index is 4.09. The Labute approximate surface area is 169 Å². The number of nitrogens with two attached hydrogens (primary N) is 2. The first-order valence-electron chi connectivity index (χ1n) is 9.78. The molecule has 0 fully saturated rings. The van der Waals surface area contributed by atoms with Crippen molar-refractivity contribution >= 4 is 6.72 Å². The molecular weight excluding hydrogens is 358 g/mol. The van der Waals surface area contributed by atoms with Crippen molar-refractivity contribution in [2.75, 3.05) is 72.5 Å². The smallest absolute Gasteiger partial charge is 0.0555 e. The number of hydrogen-bond acceptors (Lipinski definition) is 11. The molecule has 0 aromatic rings. The second-order valence-corrected chi connectivity index (χ2v) is 5.89. The van der Waals surface area contributed by atoms with Crippen LogP contribution in [0.1, 0.15) is 0 Å². The standard InChI is InChI=1S/C17H41N11/c1-20-11-12-22-7-3-4-8-25-28(26-10-6-19)27-14-13-24-17(15-21-2)16-23-9-5-18/h3-4,7-8,17,21-27H,1,5-6,9-16,18-19H2,2H3/b7-3-,8-4+. The Morgan fingerprint density at radius 3 is 2.43 bits per heavy atom. The van der Waals surface area contributed by atoms with Crippen LogP contribution in [-0.2, 0) is 0 Å². The molecule has 164 valence electrons. The van der Waals surface area contributed by atoms with Crippen LogP contribution >= 0.6 is 0 Å². The van der Waals surface area contributed by atoms with Gasteiger partial charge in [-0.05, 0) is 32.1 Å². The maximum Gasteiger partial charge on any atom is 0.0555 e. The molecule has 0 saturated carbocycles. The van der Waals surface area contributed by atoms with Crippen LogP contribution in [0.25, 0.3) is 0 Å². The van der Waals surface area contributed by atoms with Crippen molar-refractivity contribution in [1.82, 2.24) is 42.8 Å². The highest BCUT2D eigenvalue weighted by Crippen LogP contribution is 1.80. The van der Waals surface area contributed by atoms with Gasteiger partial charge in [0.2, 0.25) is 0 Å². The number of nitrogens with zero attached hydrogens (tertiary/aromatic N) is 2. The molecule has 0 radical (unpaired) electrons. The molecular formula is C17H41N11. The maximum atomic E-state index is 5.57. The molecule has 0 amide bonds. The zero-order valence-corrected chi connectivity index (χ0v) is 17.2. The molecule has 0 saturated heterocycles. The Kier molecular flexibility index (Phi) is 20.5. The van der Waals surface area contributed by atoms with Gasteiger partial charge in [-0.25, -0.2) is 10.9 Å². The molecule has 11 heteroatoms. The summed E-state index contributed by atoms with van der Waals surface area (Å²) in [5.41, 5.74) is 20.6. The van der Waals surface area contributed by atoms with Gasteiger partial charge in [-0.3, -0.25) is 10.4 Å². The van der Waals surface area contributed by atoms with E-state index in [9.17, 15) is 0 Å². The molecule has 0 heterocycles. The fourth-order valence-electron chi connectivity index (χ4n) is 2.13. The topological polar surface area (TPSA) is 152 Å². The molecule has 0 rings (SSSR count). The average Bonchev–Trinajstić information content (AvgIpc) is 2.70. The maximum absolute atomic E-state index is 5.57. The lowest BCUT2D eigenvalue weighted by Gasteiger charge is -2.24.